The normalized spacial score (nSPS) is 23.0. The van der Waals surface area contributed by atoms with Gasteiger partial charge in [0.05, 0.1) is 5.92 Å². The number of nitrogens with zero attached hydrogens (tertiary/aromatic N) is 1. The molecule has 0 heterocycles. The van der Waals surface area contributed by atoms with E-state index >= 15 is 0 Å². The van der Waals surface area contributed by atoms with Gasteiger partial charge in [-0.3, -0.25) is 9.79 Å². The Balaban J connectivity index is 1.85. The number of phenolic OH excluding ortho intramolecular Hbond substituents is 2. The Morgan fingerprint density at radius 1 is 1.25 bits per heavy atom. The summed E-state index contributed by atoms with van der Waals surface area (Å²) in [5, 5.41) is 27.9. The molecule has 5 heteroatoms. The van der Waals surface area contributed by atoms with Gasteiger partial charge in [0, 0.05) is 18.3 Å². The van der Waals surface area contributed by atoms with Crippen LogP contribution in [0.2, 0.25) is 0 Å². The van der Waals surface area contributed by atoms with Gasteiger partial charge in [0.2, 0.25) is 0 Å². The number of aromatic hydroxyl groups is 2. The van der Waals surface area contributed by atoms with E-state index in [4.69, 9.17) is 5.11 Å². The highest BCUT2D eigenvalue weighted by Gasteiger charge is 2.25. The largest absolute Gasteiger partial charge is 0.508 e. The lowest BCUT2D eigenvalue weighted by Gasteiger charge is -2.24. The van der Waals surface area contributed by atoms with Crippen molar-refractivity contribution in [3.05, 3.63) is 23.8 Å². The molecule has 0 amide bonds. The van der Waals surface area contributed by atoms with Crippen molar-refractivity contribution < 1.29 is 20.1 Å². The van der Waals surface area contributed by atoms with Crippen molar-refractivity contribution in [2.24, 2.45) is 16.8 Å². The molecule has 1 aliphatic carbocycles. The Bertz CT molecular complexity index is 505. The first-order valence-corrected chi connectivity index (χ1v) is 6.81. The van der Waals surface area contributed by atoms with Gasteiger partial charge >= 0.3 is 5.97 Å². The molecule has 1 aliphatic rings. The van der Waals surface area contributed by atoms with Crippen LogP contribution in [0.3, 0.4) is 0 Å². The molecule has 1 saturated carbocycles. The van der Waals surface area contributed by atoms with E-state index < -0.39 is 5.97 Å². The lowest BCUT2D eigenvalue weighted by atomic mass is 9.82. The highest BCUT2D eigenvalue weighted by molar-refractivity contribution is 5.84. The molecule has 108 valence electrons. The summed E-state index contributed by atoms with van der Waals surface area (Å²) < 4.78 is 0. The first-order chi connectivity index (χ1) is 9.56. The Hall–Kier alpha value is -2.04. The fourth-order valence-corrected chi connectivity index (χ4v) is 2.54. The van der Waals surface area contributed by atoms with Crippen molar-refractivity contribution in [1.29, 1.82) is 0 Å². The summed E-state index contributed by atoms with van der Waals surface area (Å²) in [7, 11) is 0. The maximum absolute atomic E-state index is 10.8. The van der Waals surface area contributed by atoms with Crippen molar-refractivity contribution in [2.75, 3.05) is 6.54 Å². The van der Waals surface area contributed by atoms with Crippen molar-refractivity contribution in [2.45, 2.75) is 25.7 Å². The van der Waals surface area contributed by atoms with Gasteiger partial charge in [-0.15, -0.1) is 0 Å². The molecule has 20 heavy (non-hydrogen) atoms. The quantitative estimate of drug-likeness (QED) is 0.582. The number of carboxylic acid groups (broad SMARTS) is 1. The predicted octanol–water partition coefficient (Wildman–Crippen LogP) is 2.41. The first-order valence-electron chi connectivity index (χ1n) is 6.81. The zero-order chi connectivity index (χ0) is 14.5. The van der Waals surface area contributed by atoms with Gasteiger partial charge in [-0.25, -0.2) is 0 Å². The third-order valence-electron chi connectivity index (χ3n) is 3.80. The summed E-state index contributed by atoms with van der Waals surface area (Å²) in [6.07, 6.45) is 4.73. The first kappa shape index (κ1) is 14.4. The summed E-state index contributed by atoms with van der Waals surface area (Å²) in [5.41, 5.74) is 0.490. The summed E-state index contributed by atoms with van der Waals surface area (Å²) in [5.74, 6) is -0.323. The number of phenols is 2. The van der Waals surface area contributed by atoms with Crippen LogP contribution in [-0.4, -0.2) is 34.0 Å². The summed E-state index contributed by atoms with van der Waals surface area (Å²) in [6, 6.07) is 4.30. The minimum Gasteiger partial charge on any atom is -0.508 e. The van der Waals surface area contributed by atoms with Crippen LogP contribution in [0.15, 0.2) is 23.2 Å². The zero-order valence-corrected chi connectivity index (χ0v) is 11.2. The standard InChI is InChI=1S/C15H19NO4/c17-13-5-6-14(18)12(7-13)9-16-8-10-1-3-11(4-2-10)15(19)20/h5-7,9-11,17-18H,1-4,8H2,(H,19,20). The fourth-order valence-electron chi connectivity index (χ4n) is 2.54. The van der Waals surface area contributed by atoms with Crippen molar-refractivity contribution in [3.63, 3.8) is 0 Å². The molecule has 0 radical (unpaired) electrons. The van der Waals surface area contributed by atoms with E-state index in [1.54, 1.807) is 6.21 Å². The van der Waals surface area contributed by atoms with Gasteiger partial charge in [-0.05, 0) is 49.8 Å². The second-order valence-electron chi connectivity index (χ2n) is 5.29. The van der Waals surface area contributed by atoms with E-state index in [1.807, 2.05) is 0 Å². The maximum atomic E-state index is 10.8. The summed E-state index contributed by atoms with van der Waals surface area (Å²) in [4.78, 5) is 15.1. The van der Waals surface area contributed by atoms with Gasteiger partial charge < -0.3 is 15.3 Å². The van der Waals surface area contributed by atoms with Crippen LogP contribution < -0.4 is 0 Å². The van der Waals surface area contributed by atoms with Crippen LogP contribution in [0, 0.1) is 11.8 Å². The Morgan fingerprint density at radius 2 is 1.95 bits per heavy atom. The molecule has 0 spiro atoms. The molecule has 1 aromatic carbocycles. The van der Waals surface area contributed by atoms with Gasteiger partial charge in [0.15, 0.2) is 0 Å². The molecule has 5 nitrogen and oxygen atoms in total. The smallest absolute Gasteiger partial charge is 0.306 e. The second-order valence-corrected chi connectivity index (χ2v) is 5.29. The third-order valence-corrected chi connectivity index (χ3v) is 3.80. The van der Waals surface area contributed by atoms with E-state index in [2.05, 4.69) is 4.99 Å². The number of benzene rings is 1. The van der Waals surface area contributed by atoms with Crippen molar-refractivity contribution in [3.8, 4) is 11.5 Å². The highest BCUT2D eigenvalue weighted by Crippen LogP contribution is 2.29. The molecule has 0 atom stereocenters. The van der Waals surface area contributed by atoms with Gasteiger partial charge in [-0.1, -0.05) is 0 Å². The third kappa shape index (κ3) is 3.73. The molecule has 1 fully saturated rings. The average molecular weight is 277 g/mol. The monoisotopic (exact) mass is 277 g/mol. The van der Waals surface area contributed by atoms with Crippen molar-refractivity contribution >= 4 is 12.2 Å². The van der Waals surface area contributed by atoms with E-state index in [9.17, 15) is 15.0 Å². The molecule has 2 rings (SSSR count). The number of hydrogen-bond donors (Lipinski definition) is 3. The number of hydrogen-bond acceptors (Lipinski definition) is 4. The molecule has 0 unspecified atom stereocenters. The minimum absolute atomic E-state index is 0.0844. The molecule has 0 aromatic heterocycles. The second kappa shape index (κ2) is 6.41. The zero-order valence-electron chi connectivity index (χ0n) is 11.2. The van der Waals surface area contributed by atoms with Gasteiger partial charge in [0.25, 0.3) is 0 Å². The Labute approximate surface area is 117 Å². The molecule has 0 aliphatic heterocycles. The average Bonchev–Trinajstić information content (AvgIpc) is 2.43. The number of aliphatic imine (C=N–C) groups is 1. The van der Waals surface area contributed by atoms with Crippen LogP contribution in [-0.2, 0) is 4.79 Å². The molecule has 1 aromatic rings. The lowest BCUT2D eigenvalue weighted by molar-refractivity contribution is -0.143. The number of carbonyl (C=O) groups is 1. The minimum atomic E-state index is -0.698. The molecular formula is C15H19NO4. The summed E-state index contributed by atoms with van der Waals surface area (Å²) in [6.45, 7) is 0.626. The summed E-state index contributed by atoms with van der Waals surface area (Å²) >= 11 is 0. The molecular weight excluding hydrogens is 258 g/mol. The molecule has 0 saturated heterocycles. The predicted molar refractivity (Wildman–Crippen MR) is 75.3 cm³/mol. The van der Waals surface area contributed by atoms with Gasteiger partial charge in [-0.2, -0.15) is 0 Å². The Kier molecular flexibility index (Phi) is 4.61. The number of carboxylic acids is 1. The van der Waals surface area contributed by atoms with Crippen LogP contribution >= 0.6 is 0 Å². The van der Waals surface area contributed by atoms with E-state index in [1.165, 1.54) is 18.2 Å². The Morgan fingerprint density at radius 3 is 2.60 bits per heavy atom. The fraction of sp³-hybridized carbons (Fsp3) is 0.467. The lowest BCUT2D eigenvalue weighted by Crippen LogP contribution is -2.22. The molecule has 3 N–H and O–H groups in total. The molecule has 0 bridgehead atoms. The maximum Gasteiger partial charge on any atom is 0.306 e. The van der Waals surface area contributed by atoms with E-state index in [0.29, 0.717) is 30.9 Å². The number of rotatable bonds is 4. The van der Waals surface area contributed by atoms with Crippen molar-refractivity contribution in [1.82, 2.24) is 0 Å². The van der Waals surface area contributed by atoms with Gasteiger partial charge in [0.1, 0.15) is 11.5 Å². The van der Waals surface area contributed by atoms with E-state index in [-0.39, 0.29) is 17.4 Å². The SMILES string of the molecule is O=C(O)C1CCC(CN=Cc2cc(O)ccc2O)CC1. The topological polar surface area (TPSA) is 90.1 Å². The van der Waals surface area contributed by atoms with Crippen LogP contribution in [0.1, 0.15) is 31.2 Å². The van der Waals surface area contributed by atoms with Crippen LogP contribution in [0.5, 0.6) is 11.5 Å². The van der Waals surface area contributed by atoms with E-state index in [0.717, 1.165) is 12.8 Å². The highest BCUT2D eigenvalue weighted by atomic mass is 16.4. The van der Waals surface area contributed by atoms with Crippen LogP contribution in [0.4, 0.5) is 0 Å². The number of aliphatic carboxylic acids is 1. The van der Waals surface area contributed by atoms with Crippen LogP contribution in [0.25, 0.3) is 0 Å².